The van der Waals surface area contributed by atoms with Crippen LogP contribution in [0.5, 0.6) is 0 Å². The zero-order valence-electron chi connectivity index (χ0n) is 12.4. The molecule has 112 valence electrons. The van der Waals surface area contributed by atoms with Crippen molar-refractivity contribution in [2.24, 2.45) is 0 Å². The lowest BCUT2D eigenvalue weighted by molar-refractivity contribution is 0.109. The van der Waals surface area contributed by atoms with Gasteiger partial charge < -0.3 is 4.74 Å². The summed E-state index contributed by atoms with van der Waals surface area (Å²) in [5, 5.41) is 0. The van der Waals surface area contributed by atoms with Gasteiger partial charge in [0.2, 0.25) is 0 Å². The summed E-state index contributed by atoms with van der Waals surface area (Å²) in [6.07, 6.45) is 0.997. The van der Waals surface area contributed by atoms with Gasteiger partial charge in [-0.15, -0.1) is 9.24 Å². The fourth-order valence-corrected chi connectivity index (χ4v) is 2.44. The Labute approximate surface area is 130 Å². The van der Waals surface area contributed by atoms with E-state index in [0.717, 1.165) is 39.0 Å². The molecule has 0 N–H and O–H groups in total. The van der Waals surface area contributed by atoms with Gasteiger partial charge in [0, 0.05) is 19.6 Å². The molecule has 0 amide bonds. The lowest BCUT2D eigenvalue weighted by atomic mass is 10.1. The summed E-state index contributed by atoms with van der Waals surface area (Å²) >= 11 is 0. The molecule has 0 aromatic heterocycles. The number of hydrogen-bond donors (Lipinski definition) is 0. The van der Waals surface area contributed by atoms with E-state index >= 15 is 0 Å². The van der Waals surface area contributed by atoms with Gasteiger partial charge in [-0.1, -0.05) is 60.7 Å². The maximum absolute atomic E-state index is 5.63. The lowest BCUT2D eigenvalue weighted by Gasteiger charge is -2.22. The second-order valence-corrected chi connectivity index (χ2v) is 5.66. The summed E-state index contributed by atoms with van der Waals surface area (Å²) in [6, 6.07) is 21.2. The van der Waals surface area contributed by atoms with Crippen LogP contribution in [-0.2, 0) is 17.8 Å². The molecule has 2 aromatic rings. The molecule has 21 heavy (non-hydrogen) atoms. The highest BCUT2D eigenvalue weighted by Crippen LogP contribution is 2.09. The van der Waals surface area contributed by atoms with Crippen LogP contribution in [-0.4, -0.2) is 30.8 Å². The fraction of sp³-hybridized carbons (Fsp3) is 0.333. The third kappa shape index (κ3) is 6.39. The van der Waals surface area contributed by atoms with Crippen LogP contribution in [0.1, 0.15) is 11.1 Å². The van der Waals surface area contributed by atoms with E-state index < -0.39 is 0 Å². The normalized spacial score (nSPS) is 11.0. The Morgan fingerprint density at radius 3 is 1.76 bits per heavy atom. The van der Waals surface area contributed by atoms with Gasteiger partial charge in [0.05, 0.1) is 13.2 Å². The number of nitrogens with zero attached hydrogens (tertiary/aromatic N) is 1. The second-order valence-electron chi connectivity index (χ2n) is 5.08. The molecular weight excluding hydrogens is 277 g/mol. The van der Waals surface area contributed by atoms with Crippen LogP contribution < -0.4 is 0 Å². The first-order chi connectivity index (χ1) is 10.4. The standard InChI is InChI=1S/C18H24NOP/c21-14-13-20-12-11-19(15-17-7-3-1-4-8-17)16-18-9-5-2-6-10-18/h1-10H,11-16,21H2. The topological polar surface area (TPSA) is 12.5 Å². The first-order valence-electron chi connectivity index (χ1n) is 7.46. The first kappa shape index (κ1) is 16.2. The van der Waals surface area contributed by atoms with E-state index in [9.17, 15) is 0 Å². The molecule has 3 heteroatoms. The van der Waals surface area contributed by atoms with E-state index in [0.29, 0.717) is 0 Å². The van der Waals surface area contributed by atoms with Crippen molar-refractivity contribution in [3.63, 3.8) is 0 Å². The summed E-state index contributed by atoms with van der Waals surface area (Å²) < 4.78 is 5.63. The quantitative estimate of drug-likeness (QED) is 0.518. The van der Waals surface area contributed by atoms with Gasteiger partial charge in [-0.3, -0.25) is 4.90 Å². The summed E-state index contributed by atoms with van der Waals surface area (Å²) in [4.78, 5) is 2.44. The third-order valence-corrected chi connectivity index (χ3v) is 3.55. The highest BCUT2D eigenvalue weighted by molar-refractivity contribution is 7.16. The van der Waals surface area contributed by atoms with Crippen molar-refractivity contribution in [1.82, 2.24) is 4.90 Å². The SMILES string of the molecule is PCCOCCN(Cc1ccccc1)Cc1ccccc1. The highest BCUT2D eigenvalue weighted by atomic mass is 31.0. The van der Waals surface area contributed by atoms with Crippen LogP contribution in [0.2, 0.25) is 0 Å². The van der Waals surface area contributed by atoms with Crippen LogP contribution >= 0.6 is 9.24 Å². The molecule has 0 saturated heterocycles. The molecular formula is C18H24NOP. The Morgan fingerprint density at radius 2 is 1.29 bits per heavy atom. The minimum Gasteiger partial charge on any atom is -0.380 e. The maximum Gasteiger partial charge on any atom is 0.0593 e. The Kier molecular flexibility index (Phi) is 7.45. The number of benzene rings is 2. The third-order valence-electron chi connectivity index (χ3n) is 3.31. The number of rotatable bonds is 9. The number of ether oxygens (including phenoxy) is 1. The Morgan fingerprint density at radius 1 is 0.762 bits per heavy atom. The van der Waals surface area contributed by atoms with Crippen LogP contribution in [0.25, 0.3) is 0 Å². The van der Waals surface area contributed by atoms with Gasteiger partial charge in [0.15, 0.2) is 0 Å². The minimum absolute atomic E-state index is 0.786. The Hall–Kier alpha value is -1.21. The van der Waals surface area contributed by atoms with Crippen molar-refractivity contribution >= 4 is 9.24 Å². The largest absolute Gasteiger partial charge is 0.380 e. The van der Waals surface area contributed by atoms with E-state index in [1.54, 1.807) is 0 Å². The van der Waals surface area contributed by atoms with Crippen LogP contribution in [0.3, 0.4) is 0 Å². The van der Waals surface area contributed by atoms with Gasteiger partial charge >= 0.3 is 0 Å². The van der Waals surface area contributed by atoms with Crippen molar-refractivity contribution in [3.05, 3.63) is 71.8 Å². The molecule has 2 nitrogen and oxygen atoms in total. The zero-order chi connectivity index (χ0) is 14.8. The lowest BCUT2D eigenvalue weighted by Crippen LogP contribution is -2.27. The predicted molar refractivity (Wildman–Crippen MR) is 92.4 cm³/mol. The second kappa shape index (κ2) is 9.68. The summed E-state index contributed by atoms with van der Waals surface area (Å²) in [5.41, 5.74) is 2.69. The maximum atomic E-state index is 5.63. The van der Waals surface area contributed by atoms with Crippen molar-refractivity contribution in [1.29, 1.82) is 0 Å². The highest BCUT2D eigenvalue weighted by Gasteiger charge is 2.07. The van der Waals surface area contributed by atoms with Crippen LogP contribution in [0.15, 0.2) is 60.7 Å². The zero-order valence-corrected chi connectivity index (χ0v) is 13.6. The van der Waals surface area contributed by atoms with Gasteiger partial charge in [-0.05, 0) is 17.3 Å². The van der Waals surface area contributed by atoms with E-state index in [1.165, 1.54) is 11.1 Å². The molecule has 0 aliphatic heterocycles. The molecule has 0 aliphatic carbocycles. The number of hydrogen-bond acceptors (Lipinski definition) is 2. The molecule has 0 saturated carbocycles. The monoisotopic (exact) mass is 301 g/mol. The van der Waals surface area contributed by atoms with Crippen molar-refractivity contribution < 1.29 is 4.74 Å². The van der Waals surface area contributed by atoms with Gasteiger partial charge in [0.25, 0.3) is 0 Å². The first-order valence-corrected chi connectivity index (χ1v) is 8.28. The van der Waals surface area contributed by atoms with Gasteiger partial charge in [-0.25, -0.2) is 0 Å². The van der Waals surface area contributed by atoms with E-state index in [-0.39, 0.29) is 0 Å². The summed E-state index contributed by atoms with van der Waals surface area (Å²) in [6.45, 7) is 4.47. The van der Waals surface area contributed by atoms with E-state index in [2.05, 4.69) is 74.8 Å². The smallest absolute Gasteiger partial charge is 0.0593 e. The van der Waals surface area contributed by atoms with Crippen molar-refractivity contribution in [3.8, 4) is 0 Å². The molecule has 0 radical (unpaired) electrons. The van der Waals surface area contributed by atoms with Crippen molar-refractivity contribution in [2.75, 3.05) is 25.9 Å². The average molecular weight is 301 g/mol. The van der Waals surface area contributed by atoms with Crippen LogP contribution in [0.4, 0.5) is 0 Å². The molecule has 2 aromatic carbocycles. The molecule has 1 atom stereocenters. The fourth-order valence-electron chi connectivity index (χ4n) is 2.28. The van der Waals surface area contributed by atoms with Crippen molar-refractivity contribution in [2.45, 2.75) is 13.1 Å². The van der Waals surface area contributed by atoms with Crippen LogP contribution in [0, 0.1) is 0 Å². The minimum atomic E-state index is 0.786. The molecule has 0 fully saturated rings. The molecule has 0 heterocycles. The summed E-state index contributed by atoms with van der Waals surface area (Å²) in [5.74, 6) is 0. The predicted octanol–water partition coefficient (Wildman–Crippen LogP) is 3.58. The molecule has 0 aliphatic rings. The Bertz CT molecular complexity index is 448. The average Bonchev–Trinajstić information content (AvgIpc) is 2.53. The molecule has 0 bridgehead atoms. The molecule has 2 rings (SSSR count). The van der Waals surface area contributed by atoms with Gasteiger partial charge in [0.1, 0.15) is 0 Å². The van der Waals surface area contributed by atoms with Gasteiger partial charge in [-0.2, -0.15) is 0 Å². The van der Waals surface area contributed by atoms with E-state index in [4.69, 9.17) is 4.74 Å². The molecule has 1 unspecified atom stereocenters. The summed E-state index contributed by atoms with van der Waals surface area (Å²) in [7, 11) is 2.70. The Balaban J connectivity index is 1.93. The van der Waals surface area contributed by atoms with E-state index in [1.807, 2.05) is 0 Å². The molecule has 0 spiro atoms.